The number of halogens is 4. The number of nitrogens with two attached hydrogens (primary N) is 1. The van der Waals surface area contributed by atoms with Crippen LogP contribution < -0.4 is 5.73 Å². The van der Waals surface area contributed by atoms with E-state index in [-0.39, 0.29) is 18.8 Å². The van der Waals surface area contributed by atoms with E-state index in [1.807, 2.05) is 48.5 Å². The van der Waals surface area contributed by atoms with Gasteiger partial charge in [-0.05, 0) is 106 Å². The van der Waals surface area contributed by atoms with E-state index < -0.39 is 11.9 Å². The first kappa shape index (κ1) is 30.6. The van der Waals surface area contributed by atoms with Crippen LogP contribution >= 0.6 is 68.4 Å². The molecule has 0 unspecified atom stereocenters. The van der Waals surface area contributed by atoms with Crippen molar-refractivity contribution in [1.82, 2.24) is 29.5 Å². The highest BCUT2D eigenvalue weighted by Crippen LogP contribution is 2.25. The van der Waals surface area contributed by atoms with Crippen LogP contribution in [0.15, 0.2) is 72.8 Å². The topological polar surface area (TPSA) is 142 Å². The Morgan fingerprint density at radius 3 is 1.59 bits per heavy atom. The van der Waals surface area contributed by atoms with Crippen LogP contribution in [0.3, 0.4) is 0 Å². The van der Waals surface area contributed by atoms with Crippen molar-refractivity contribution < 1.29 is 14.7 Å². The minimum atomic E-state index is -1.09. The summed E-state index contributed by atoms with van der Waals surface area (Å²) in [6.07, 6.45) is 0. The molecule has 14 heteroatoms. The Kier molecular flexibility index (Phi) is 9.46. The van der Waals surface area contributed by atoms with E-state index in [2.05, 4.69) is 65.3 Å². The Balaban J connectivity index is 0.000000184. The monoisotopic (exact) mass is 813 g/mol. The molecule has 0 aliphatic heterocycles. The third-order valence-corrected chi connectivity index (χ3v) is 7.30. The van der Waals surface area contributed by atoms with Gasteiger partial charge in [0.25, 0.3) is 5.91 Å². The number of rotatable bonds is 4. The summed E-state index contributed by atoms with van der Waals surface area (Å²) in [6.45, 7) is 0. The fourth-order valence-corrected chi connectivity index (χ4v) is 5.20. The molecule has 0 aliphatic carbocycles. The zero-order valence-corrected chi connectivity index (χ0v) is 25.8. The highest BCUT2D eigenvalue weighted by Gasteiger charge is 2.19. The standard InChI is InChI=1S/C13H8ClIN4O.C13H7ClIN3O2.CH4/c14-10-5-4-9-11(12(16)20)18-19(13(9)17-10)8-3-1-2-7(15)6-8;14-10-5-4-9-11(13(19)20)17-18(12(9)16-10)8-3-1-2-7(15)6-8;/h1-6H,(H2,16,20);1-6H,(H,19,20);1H4. The molecule has 1 amide bonds. The number of amides is 1. The summed E-state index contributed by atoms with van der Waals surface area (Å²) in [7, 11) is 0. The summed E-state index contributed by atoms with van der Waals surface area (Å²) in [4.78, 5) is 31.2. The van der Waals surface area contributed by atoms with Crippen LogP contribution in [0, 0.1) is 7.14 Å². The fourth-order valence-electron chi connectivity index (χ4n) is 3.86. The molecule has 4 heterocycles. The average molecular weight is 814 g/mol. The molecule has 208 valence electrons. The summed E-state index contributed by atoms with van der Waals surface area (Å²) in [5, 5.41) is 19.3. The molecule has 3 N–H and O–H groups in total. The van der Waals surface area contributed by atoms with Crippen LogP contribution in [0.25, 0.3) is 33.4 Å². The molecule has 0 radical (unpaired) electrons. The molecule has 6 rings (SSSR count). The number of aromatic carboxylic acids is 1. The summed E-state index contributed by atoms with van der Waals surface area (Å²) in [6, 6.07) is 21.7. The van der Waals surface area contributed by atoms with E-state index in [4.69, 9.17) is 28.9 Å². The van der Waals surface area contributed by atoms with E-state index >= 15 is 0 Å². The van der Waals surface area contributed by atoms with Crippen molar-refractivity contribution in [2.45, 2.75) is 7.43 Å². The molecule has 0 bridgehead atoms. The number of nitrogens with zero attached hydrogens (tertiary/aromatic N) is 6. The van der Waals surface area contributed by atoms with Gasteiger partial charge in [-0.1, -0.05) is 42.8 Å². The maximum absolute atomic E-state index is 11.5. The summed E-state index contributed by atoms with van der Waals surface area (Å²) in [5.41, 5.74) is 7.98. The Morgan fingerprint density at radius 2 is 1.17 bits per heavy atom. The van der Waals surface area contributed by atoms with Gasteiger partial charge in [0, 0.05) is 7.14 Å². The largest absolute Gasteiger partial charge is 0.476 e. The minimum Gasteiger partial charge on any atom is -0.476 e. The molecule has 0 spiro atoms. The van der Waals surface area contributed by atoms with Crippen LogP contribution in [0.1, 0.15) is 28.4 Å². The molecule has 2 aromatic carbocycles. The molecule has 0 atom stereocenters. The highest BCUT2D eigenvalue weighted by molar-refractivity contribution is 14.1. The van der Waals surface area contributed by atoms with Gasteiger partial charge in [-0.2, -0.15) is 10.2 Å². The number of carboxylic acid groups (broad SMARTS) is 1. The number of pyridine rings is 2. The van der Waals surface area contributed by atoms with Crippen LogP contribution in [-0.4, -0.2) is 46.5 Å². The quantitative estimate of drug-likeness (QED) is 0.148. The zero-order chi connectivity index (χ0) is 28.6. The molecule has 0 saturated heterocycles. The number of aromatic nitrogens is 6. The van der Waals surface area contributed by atoms with E-state index in [0.717, 1.165) is 18.5 Å². The van der Waals surface area contributed by atoms with E-state index in [9.17, 15) is 14.7 Å². The molecule has 41 heavy (non-hydrogen) atoms. The van der Waals surface area contributed by atoms with Gasteiger partial charge in [-0.25, -0.2) is 24.1 Å². The van der Waals surface area contributed by atoms with Gasteiger partial charge < -0.3 is 10.8 Å². The van der Waals surface area contributed by atoms with Gasteiger partial charge in [0.15, 0.2) is 22.7 Å². The first-order valence-corrected chi connectivity index (χ1v) is 14.2. The minimum absolute atomic E-state index is 0. The lowest BCUT2D eigenvalue weighted by atomic mass is 10.2. The molecular weight excluding hydrogens is 795 g/mol. The lowest BCUT2D eigenvalue weighted by molar-refractivity contribution is 0.0691. The Labute approximate surface area is 270 Å². The van der Waals surface area contributed by atoms with Gasteiger partial charge in [0.1, 0.15) is 10.3 Å². The fraction of sp³-hybridized carbons (Fsp3) is 0.0370. The van der Waals surface area contributed by atoms with Crippen molar-refractivity contribution in [3.8, 4) is 11.4 Å². The third-order valence-electron chi connectivity index (χ3n) is 5.54. The summed E-state index contributed by atoms with van der Waals surface area (Å²) < 4.78 is 5.13. The number of primary amides is 1. The summed E-state index contributed by atoms with van der Waals surface area (Å²) >= 11 is 16.2. The van der Waals surface area contributed by atoms with Crippen LogP contribution in [0.5, 0.6) is 0 Å². The molecule has 6 aromatic rings. The number of hydrogen-bond donors (Lipinski definition) is 2. The first-order chi connectivity index (χ1) is 19.1. The Morgan fingerprint density at radius 1 is 0.732 bits per heavy atom. The van der Waals surface area contributed by atoms with Crippen LogP contribution in [0.2, 0.25) is 10.3 Å². The van der Waals surface area contributed by atoms with Crippen molar-refractivity contribution in [1.29, 1.82) is 0 Å². The molecule has 0 fully saturated rings. The SMILES string of the molecule is C.NC(=O)c1nn(-c2cccc(I)c2)c2nc(Cl)ccc12.O=C(O)c1nn(-c2cccc(I)c2)c2nc(Cl)ccc12. The van der Waals surface area contributed by atoms with Gasteiger partial charge in [-0.3, -0.25) is 4.79 Å². The third kappa shape index (κ3) is 6.45. The van der Waals surface area contributed by atoms with Crippen molar-refractivity contribution in [2.24, 2.45) is 5.73 Å². The normalized spacial score (nSPS) is 10.6. The number of carbonyl (C=O) groups is 2. The number of benzene rings is 2. The summed E-state index contributed by atoms with van der Waals surface area (Å²) in [5.74, 6) is -1.69. The lowest BCUT2D eigenvalue weighted by Gasteiger charge is -2.03. The van der Waals surface area contributed by atoms with E-state index in [1.165, 1.54) is 4.68 Å². The zero-order valence-electron chi connectivity index (χ0n) is 20.0. The predicted molar refractivity (Wildman–Crippen MR) is 175 cm³/mol. The number of carboxylic acids is 1. The van der Waals surface area contributed by atoms with Crippen LogP contribution in [-0.2, 0) is 0 Å². The van der Waals surface area contributed by atoms with Crippen molar-refractivity contribution in [2.75, 3.05) is 0 Å². The van der Waals surface area contributed by atoms with Gasteiger partial charge >= 0.3 is 5.97 Å². The smallest absolute Gasteiger partial charge is 0.357 e. The highest BCUT2D eigenvalue weighted by atomic mass is 127. The Hall–Kier alpha value is -3.34. The van der Waals surface area contributed by atoms with Crippen molar-refractivity contribution in [3.05, 3.63) is 102 Å². The van der Waals surface area contributed by atoms with Gasteiger partial charge in [-0.15, -0.1) is 0 Å². The predicted octanol–water partition coefficient (Wildman–Crippen LogP) is 6.79. The number of carbonyl (C=O) groups excluding carboxylic acids is 1. The molecule has 0 aliphatic rings. The maximum Gasteiger partial charge on any atom is 0.357 e. The molecule has 10 nitrogen and oxygen atoms in total. The lowest BCUT2D eigenvalue weighted by Crippen LogP contribution is -2.12. The second-order valence-corrected chi connectivity index (χ2v) is 11.4. The Bertz CT molecular complexity index is 1800. The van der Waals surface area contributed by atoms with Gasteiger partial charge in [0.05, 0.1) is 22.1 Å². The number of hydrogen-bond acceptors (Lipinski definition) is 6. The van der Waals surface area contributed by atoms with Crippen molar-refractivity contribution >= 4 is 102 Å². The second-order valence-electron chi connectivity index (χ2n) is 8.16. The van der Waals surface area contributed by atoms with Gasteiger partial charge in [0.2, 0.25) is 0 Å². The number of fused-ring (bicyclic) bond motifs is 2. The maximum atomic E-state index is 11.5. The molecular formula is C27H19Cl2I2N7O3. The first-order valence-electron chi connectivity index (χ1n) is 11.3. The van der Waals surface area contributed by atoms with Crippen LogP contribution in [0.4, 0.5) is 0 Å². The van der Waals surface area contributed by atoms with Crippen molar-refractivity contribution in [3.63, 3.8) is 0 Å². The van der Waals surface area contributed by atoms with E-state index in [1.54, 1.807) is 28.9 Å². The van der Waals surface area contributed by atoms with E-state index in [0.29, 0.717) is 32.4 Å². The average Bonchev–Trinajstić information content (AvgIpc) is 3.48. The second kappa shape index (κ2) is 12.7. The molecule has 4 aromatic heterocycles. The molecule has 0 saturated carbocycles.